The minimum absolute atomic E-state index is 0.0192. The molecule has 0 saturated carbocycles. The van der Waals surface area contributed by atoms with Gasteiger partial charge >= 0.3 is 5.97 Å². The first-order valence-corrected chi connectivity index (χ1v) is 12.2. The number of aromatic nitrogens is 4. The fourth-order valence-electron chi connectivity index (χ4n) is 3.61. The Morgan fingerprint density at radius 2 is 1.41 bits per heavy atom. The molecule has 4 unspecified atom stereocenters. The van der Waals surface area contributed by atoms with Gasteiger partial charge in [-0.05, 0) is 25.3 Å². The zero-order valence-electron chi connectivity index (χ0n) is 21.1. The third kappa shape index (κ3) is 9.65. The molecule has 2 heterocycles. The Balaban J connectivity index is 2.20. The van der Waals surface area contributed by atoms with Crippen LogP contribution >= 0.6 is 0 Å². The van der Waals surface area contributed by atoms with Crippen LogP contribution in [0.15, 0.2) is 25.0 Å². The van der Waals surface area contributed by atoms with Gasteiger partial charge in [-0.1, -0.05) is 20.3 Å². The van der Waals surface area contributed by atoms with E-state index >= 15 is 0 Å². The van der Waals surface area contributed by atoms with Crippen molar-refractivity contribution in [3.8, 4) is 0 Å². The van der Waals surface area contributed by atoms with Gasteiger partial charge in [0.1, 0.15) is 18.1 Å². The molecule has 0 aliphatic rings. The van der Waals surface area contributed by atoms with Crippen molar-refractivity contribution in [2.45, 2.75) is 70.1 Å². The number of aromatic amines is 2. The van der Waals surface area contributed by atoms with Crippen molar-refractivity contribution in [1.82, 2.24) is 35.9 Å². The van der Waals surface area contributed by atoms with E-state index < -0.39 is 53.8 Å². The molecule has 2 aromatic rings. The lowest BCUT2D eigenvalue weighted by molar-refractivity contribution is -0.143. The van der Waals surface area contributed by atoms with Crippen LogP contribution in [-0.2, 0) is 32.0 Å². The first kappa shape index (κ1) is 29.5. The number of carbonyl (C=O) groups is 4. The molecule has 14 heteroatoms. The molecule has 2 rings (SSSR count). The van der Waals surface area contributed by atoms with Crippen LogP contribution in [0.25, 0.3) is 0 Å². The summed E-state index contributed by atoms with van der Waals surface area (Å²) in [5.41, 5.74) is 12.6. The summed E-state index contributed by atoms with van der Waals surface area (Å²) >= 11 is 0. The maximum atomic E-state index is 13.3. The largest absolute Gasteiger partial charge is 0.480 e. The maximum absolute atomic E-state index is 13.3. The second kappa shape index (κ2) is 14.7. The van der Waals surface area contributed by atoms with Crippen LogP contribution in [0.1, 0.15) is 44.5 Å². The Labute approximate surface area is 214 Å². The normalized spacial score (nSPS) is 14.4. The van der Waals surface area contributed by atoms with Gasteiger partial charge in [0.15, 0.2) is 0 Å². The van der Waals surface area contributed by atoms with Gasteiger partial charge in [-0.3, -0.25) is 14.4 Å². The van der Waals surface area contributed by atoms with Crippen LogP contribution in [0.4, 0.5) is 0 Å². The number of amides is 3. The van der Waals surface area contributed by atoms with Gasteiger partial charge in [-0.15, -0.1) is 0 Å². The van der Waals surface area contributed by atoms with Crippen molar-refractivity contribution >= 4 is 23.7 Å². The molecule has 0 bridgehead atoms. The molecule has 0 saturated heterocycles. The van der Waals surface area contributed by atoms with E-state index in [0.717, 1.165) is 6.42 Å². The van der Waals surface area contributed by atoms with E-state index in [-0.39, 0.29) is 12.8 Å². The van der Waals surface area contributed by atoms with Gasteiger partial charge in [0, 0.05) is 36.6 Å². The predicted molar refractivity (Wildman–Crippen MR) is 134 cm³/mol. The lowest BCUT2D eigenvalue weighted by Gasteiger charge is -2.25. The molecule has 0 aliphatic carbocycles. The van der Waals surface area contributed by atoms with Crippen molar-refractivity contribution in [3.05, 3.63) is 36.4 Å². The van der Waals surface area contributed by atoms with Gasteiger partial charge in [-0.2, -0.15) is 0 Å². The molecule has 3 amide bonds. The summed E-state index contributed by atoms with van der Waals surface area (Å²) in [6.07, 6.45) is 7.74. The van der Waals surface area contributed by atoms with Crippen LogP contribution in [0.5, 0.6) is 0 Å². The minimum atomic E-state index is -1.19. The number of hydrogen-bond donors (Lipinski definition) is 8. The summed E-state index contributed by atoms with van der Waals surface area (Å²) in [6.45, 7) is 3.81. The number of unbranched alkanes of at least 4 members (excludes halogenated alkanes) is 1. The van der Waals surface area contributed by atoms with Crippen molar-refractivity contribution < 1.29 is 24.3 Å². The highest BCUT2D eigenvalue weighted by atomic mass is 16.4. The Morgan fingerprint density at radius 3 is 1.84 bits per heavy atom. The Bertz CT molecular complexity index is 994. The van der Waals surface area contributed by atoms with Gasteiger partial charge in [0.2, 0.25) is 17.7 Å². The van der Waals surface area contributed by atoms with Crippen molar-refractivity contribution in [2.24, 2.45) is 17.4 Å². The number of aliphatic carboxylic acids is 1. The van der Waals surface area contributed by atoms with E-state index in [0.29, 0.717) is 30.8 Å². The SMILES string of the molecule is CC(C)C(NC(=O)C(Cc1cnc[nH]1)NC(=O)C(Cc1cnc[nH]1)NC(=O)C(N)CCCCN)C(=O)O. The molecule has 204 valence electrons. The molecule has 0 fully saturated rings. The summed E-state index contributed by atoms with van der Waals surface area (Å²) in [7, 11) is 0. The van der Waals surface area contributed by atoms with Crippen LogP contribution in [0.2, 0.25) is 0 Å². The quantitative estimate of drug-likeness (QED) is 0.121. The average Bonchev–Trinajstić information content (AvgIpc) is 3.55. The predicted octanol–water partition coefficient (Wildman–Crippen LogP) is -1.43. The zero-order chi connectivity index (χ0) is 27.4. The fraction of sp³-hybridized carbons (Fsp3) is 0.565. The molecule has 14 nitrogen and oxygen atoms in total. The molecular formula is C23H37N9O5. The number of nitrogens with two attached hydrogens (primary N) is 2. The van der Waals surface area contributed by atoms with E-state index in [2.05, 4.69) is 35.9 Å². The zero-order valence-corrected chi connectivity index (χ0v) is 21.1. The summed E-state index contributed by atoms with van der Waals surface area (Å²) < 4.78 is 0. The maximum Gasteiger partial charge on any atom is 0.326 e. The standard InChI is InChI=1S/C23H37N9O5/c1-13(2)19(23(36)37)32-22(35)18(8-15-10-27-12-29-15)31-21(34)17(7-14-9-26-11-28-14)30-20(33)16(25)5-3-4-6-24/h9-13,16-19H,3-8,24-25H2,1-2H3,(H,26,28)(H,27,29)(H,30,33)(H,31,34)(H,32,35)(H,36,37). The second-order valence-corrected chi connectivity index (χ2v) is 9.14. The highest BCUT2D eigenvalue weighted by Gasteiger charge is 2.32. The minimum Gasteiger partial charge on any atom is -0.480 e. The summed E-state index contributed by atoms with van der Waals surface area (Å²) in [5.74, 6) is -3.43. The van der Waals surface area contributed by atoms with Gasteiger partial charge in [-0.25, -0.2) is 14.8 Å². The lowest BCUT2D eigenvalue weighted by Crippen LogP contribution is -2.58. The van der Waals surface area contributed by atoms with Gasteiger partial charge in [0.25, 0.3) is 0 Å². The smallest absolute Gasteiger partial charge is 0.326 e. The Morgan fingerprint density at radius 1 is 0.892 bits per heavy atom. The number of rotatable bonds is 16. The van der Waals surface area contributed by atoms with Crippen molar-refractivity contribution in [2.75, 3.05) is 6.54 Å². The molecule has 4 atom stereocenters. The molecule has 0 radical (unpaired) electrons. The first-order chi connectivity index (χ1) is 17.6. The lowest BCUT2D eigenvalue weighted by atomic mass is 10.0. The van der Waals surface area contributed by atoms with E-state index in [1.807, 2.05) is 0 Å². The third-order valence-electron chi connectivity index (χ3n) is 5.76. The summed E-state index contributed by atoms with van der Waals surface area (Å²) in [6, 6.07) is -4.21. The highest BCUT2D eigenvalue weighted by Crippen LogP contribution is 2.07. The average molecular weight is 520 g/mol. The molecule has 10 N–H and O–H groups in total. The van der Waals surface area contributed by atoms with Gasteiger partial charge in [0.05, 0.1) is 18.7 Å². The van der Waals surface area contributed by atoms with E-state index in [1.54, 1.807) is 13.8 Å². The van der Waals surface area contributed by atoms with Crippen molar-refractivity contribution in [3.63, 3.8) is 0 Å². The number of nitrogens with one attached hydrogen (secondary N) is 5. The number of nitrogens with zero attached hydrogens (tertiary/aromatic N) is 2. The number of carboxylic acid groups (broad SMARTS) is 1. The van der Waals surface area contributed by atoms with E-state index in [4.69, 9.17) is 11.5 Å². The second-order valence-electron chi connectivity index (χ2n) is 9.14. The molecule has 0 aromatic carbocycles. The highest BCUT2D eigenvalue weighted by molar-refractivity contribution is 5.94. The number of hydrogen-bond acceptors (Lipinski definition) is 8. The first-order valence-electron chi connectivity index (χ1n) is 12.2. The Kier molecular flexibility index (Phi) is 11.7. The fourth-order valence-corrected chi connectivity index (χ4v) is 3.61. The molecule has 0 spiro atoms. The monoisotopic (exact) mass is 519 g/mol. The molecular weight excluding hydrogens is 482 g/mol. The topological polar surface area (TPSA) is 234 Å². The van der Waals surface area contributed by atoms with E-state index in [9.17, 15) is 24.3 Å². The third-order valence-corrected chi connectivity index (χ3v) is 5.76. The summed E-state index contributed by atoms with van der Waals surface area (Å²) in [5, 5.41) is 17.3. The van der Waals surface area contributed by atoms with Crippen LogP contribution in [0.3, 0.4) is 0 Å². The van der Waals surface area contributed by atoms with Crippen LogP contribution in [0, 0.1) is 5.92 Å². The Hall–Kier alpha value is -3.78. The molecule has 2 aromatic heterocycles. The number of H-pyrrole nitrogens is 2. The van der Waals surface area contributed by atoms with Gasteiger partial charge < -0.3 is 42.5 Å². The molecule has 37 heavy (non-hydrogen) atoms. The summed E-state index contributed by atoms with van der Waals surface area (Å²) in [4.78, 5) is 64.4. The van der Waals surface area contributed by atoms with Crippen LogP contribution in [-0.4, -0.2) is 79.4 Å². The molecule has 0 aliphatic heterocycles. The number of imidazole rings is 2. The van der Waals surface area contributed by atoms with Crippen molar-refractivity contribution in [1.29, 1.82) is 0 Å². The number of carbonyl (C=O) groups excluding carboxylic acids is 3. The number of carboxylic acids is 1. The van der Waals surface area contributed by atoms with Crippen LogP contribution < -0.4 is 27.4 Å². The van der Waals surface area contributed by atoms with E-state index in [1.165, 1.54) is 25.0 Å².